The van der Waals surface area contributed by atoms with E-state index in [2.05, 4.69) is 36.4 Å². The average molecular weight is 609 g/mol. The Labute approximate surface area is 259 Å². The summed E-state index contributed by atoms with van der Waals surface area (Å²) in [6, 6.07) is 10.4. The molecule has 0 saturated heterocycles. The Morgan fingerprint density at radius 1 is 0.953 bits per heavy atom. The summed E-state index contributed by atoms with van der Waals surface area (Å²) in [5.41, 5.74) is 1.28. The number of allylic oxidation sites excluding steroid dienone is 2. The molecule has 2 rings (SSSR count). The van der Waals surface area contributed by atoms with Gasteiger partial charge >= 0.3 is 5.97 Å². The molecule has 9 heteroatoms. The van der Waals surface area contributed by atoms with E-state index in [-0.39, 0.29) is 49.7 Å². The van der Waals surface area contributed by atoms with Crippen molar-refractivity contribution in [3.63, 3.8) is 0 Å². The molecular formula is C34H56O9. The largest absolute Gasteiger partial charge is 0.463 e. The van der Waals surface area contributed by atoms with Crippen LogP contribution in [0, 0.1) is 11.8 Å². The monoisotopic (exact) mass is 608 g/mol. The fourth-order valence-corrected chi connectivity index (χ4v) is 5.47. The quantitative estimate of drug-likeness (QED) is 0.0670. The summed E-state index contributed by atoms with van der Waals surface area (Å²) >= 11 is 0. The summed E-state index contributed by atoms with van der Waals surface area (Å²) in [6.07, 6.45) is 10.4. The van der Waals surface area contributed by atoms with Gasteiger partial charge in [0.2, 0.25) is 0 Å². The highest BCUT2D eigenvalue weighted by Gasteiger charge is 2.42. The fraction of sp³-hybridized carbons (Fsp3) is 0.735. The van der Waals surface area contributed by atoms with Gasteiger partial charge in [0.15, 0.2) is 0 Å². The van der Waals surface area contributed by atoms with Crippen LogP contribution in [0.5, 0.6) is 0 Å². The van der Waals surface area contributed by atoms with Crippen LogP contribution < -0.4 is 0 Å². The first-order valence-electron chi connectivity index (χ1n) is 15.9. The molecule has 1 aliphatic rings. The van der Waals surface area contributed by atoms with Crippen LogP contribution in [-0.2, 0) is 44.4 Å². The molecule has 0 amide bonds. The SMILES string of the molecule is COCCOCO[C@@H](CCc1ccccc1)CC[C@@H]1[C@@H](C/C=C/CCCC(=O)OC(C)C)[C@@H](O)C[C@H]1OCOCCOC. The molecule has 1 aromatic carbocycles. The van der Waals surface area contributed by atoms with Gasteiger partial charge in [0.1, 0.15) is 13.6 Å². The summed E-state index contributed by atoms with van der Waals surface area (Å²) in [7, 11) is 3.29. The molecule has 0 bridgehead atoms. The van der Waals surface area contributed by atoms with E-state index in [0.29, 0.717) is 39.3 Å². The first kappa shape index (κ1) is 37.3. The molecule has 1 N–H and O–H groups in total. The highest BCUT2D eigenvalue weighted by Crippen LogP contribution is 2.40. The Morgan fingerprint density at radius 2 is 1.67 bits per heavy atom. The number of ether oxygens (including phenoxy) is 7. The lowest BCUT2D eigenvalue weighted by Gasteiger charge is -2.27. The highest BCUT2D eigenvalue weighted by molar-refractivity contribution is 5.69. The van der Waals surface area contributed by atoms with Gasteiger partial charge in [-0.1, -0.05) is 42.5 Å². The van der Waals surface area contributed by atoms with Crippen LogP contribution >= 0.6 is 0 Å². The second-order valence-electron chi connectivity index (χ2n) is 11.4. The number of carbonyl (C=O) groups excluding carboxylic acids is 1. The topological polar surface area (TPSA) is 102 Å². The summed E-state index contributed by atoms with van der Waals surface area (Å²) in [5, 5.41) is 11.1. The van der Waals surface area contributed by atoms with Crippen molar-refractivity contribution in [3.05, 3.63) is 48.0 Å². The predicted octanol–water partition coefficient (Wildman–Crippen LogP) is 5.48. The van der Waals surface area contributed by atoms with Crippen molar-refractivity contribution in [3.8, 4) is 0 Å². The van der Waals surface area contributed by atoms with Gasteiger partial charge in [-0.3, -0.25) is 4.79 Å². The molecule has 1 saturated carbocycles. The molecule has 0 radical (unpaired) electrons. The van der Waals surface area contributed by atoms with Crippen molar-refractivity contribution in [2.45, 2.75) is 96.1 Å². The second kappa shape index (κ2) is 23.5. The van der Waals surface area contributed by atoms with Crippen molar-refractivity contribution in [2.75, 3.05) is 54.2 Å². The van der Waals surface area contributed by atoms with Crippen LogP contribution in [0.25, 0.3) is 0 Å². The molecule has 0 spiro atoms. The third-order valence-electron chi connectivity index (χ3n) is 7.73. The predicted molar refractivity (Wildman–Crippen MR) is 166 cm³/mol. The van der Waals surface area contributed by atoms with E-state index in [9.17, 15) is 9.90 Å². The van der Waals surface area contributed by atoms with Gasteiger partial charge in [-0.05, 0) is 76.2 Å². The van der Waals surface area contributed by atoms with Crippen LogP contribution in [0.4, 0.5) is 0 Å². The summed E-state index contributed by atoms with van der Waals surface area (Å²) in [6.45, 7) is 6.11. The van der Waals surface area contributed by atoms with Crippen LogP contribution in [0.3, 0.4) is 0 Å². The zero-order valence-electron chi connectivity index (χ0n) is 26.8. The van der Waals surface area contributed by atoms with E-state index in [0.717, 1.165) is 44.9 Å². The lowest BCUT2D eigenvalue weighted by atomic mass is 9.85. The number of hydrogen-bond donors (Lipinski definition) is 1. The number of aryl methyl sites for hydroxylation is 1. The molecule has 43 heavy (non-hydrogen) atoms. The van der Waals surface area contributed by atoms with Crippen molar-refractivity contribution in [1.29, 1.82) is 0 Å². The summed E-state index contributed by atoms with van der Waals surface area (Å²) < 4.78 is 38.9. The maximum atomic E-state index is 11.8. The van der Waals surface area contributed by atoms with Gasteiger partial charge in [-0.15, -0.1) is 0 Å². The third kappa shape index (κ3) is 16.7. The van der Waals surface area contributed by atoms with E-state index in [1.54, 1.807) is 14.2 Å². The zero-order valence-corrected chi connectivity index (χ0v) is 26.8. The van der Waals surface area contributed by atoms with E-state index >= 15 is 0 Å². The number of hydrogen-bond acceptors (Lipinski definition) is 9. The van der Waals surface area contributed by atoms with Crippen molar-refractivity contribution < 1.29 is 43.1 Å². The number of aliphatic hydroxyl groups excluding tert-OH is 1. The number of aliphatic hydroxyl groups is 1. The summed E-state index contributed by atoms with van der Waals surface area (Å²) in [4.78, 5) is 11.8. The van der Waals surface area contributed by atoms with Gasteiger partial charge < -0.3 is 38.3 Å². The zero-order chi connectivity index (χ0) is 31.1. The number of carbonyl (C=O) groups is 1. The second-order valence-corrected chi connectivity index (χ2v) is 11.4. The molecule has 1 fully saturated rings. The standard InChI is InChI=1S/C34H56O9/c1-27(2)43-34(36)15-11-6-5-10-14-30-31(33(24-32(30)35)42-26-40-23-21-38-4)19-18-29(41-25-39-22-20-37-3)17-16-28-12-8-7-9-13-28/h5,7-10,12-13,27,29-33,35H,6,11,14-26H2,1-4H3/b10-5+/t29-,30+,31+,32-,33+/m0/s1. The molecule has 0 aliphatic heterocycles. The summed E-state index contributed by atoms with van der Waals surface area (Å²) in [5.74, 6) is 0.0679. The van der Waals surface area contributed by atoms with Gasteiger partial charge in [-0.25, -0.2) is 0 Å². The molecule has 246 valence electrons. The Hall–Kier alpha value is -1.85. The maximum absolute atomic E-state index is 11.8. The minimum atomic E-state index is -0.458. The van der Waals surface area contributed by atoms with Crippen molar-refractivity contribution in [1.82, 2.24) is 0 Å². The maximum Gasteiger partial charge on any atom is 0.306 e. The highest BCUT2D eigenvalue weighted by atomic mass is 16.7. The molecule has 9 nitrogen and oxygen atoms in total. The van der Waals surface area contributed by atoms with Gasteiger partial charge in [0.25, 0.3) is 0 Å². The van der Waals surface area contributed by atoms with Gasteiger partial charge in [-0.2, -0.15) is 0 Å². The molecule has 1 aliphatic carbocycles. The van der Waals surface area contributed by atoms with Crippen LogP contribution in [0.2, 0.25) is 0 Å². The normalized spacial score (nSPS) is 21.2. The van der Waals surface area contributed by atoms with Crippen molar-refractivity contribution >= 4 is 5.97 Å². The fourth-order valence-electron chi connectivity index (χ4n) is 5.47. The molecule has 1 aromatic rings. The Balaban J connectivity index is 1.98. The molecule has 5 atom stereocenters. The van der Waals surface area contributed by atoms with E-state index in [4.69, 9.17) is 33.2 Å². The van der Waals surface area contributed by atoms with E-state index in [1.165, 1.54) is 5.56 Å². The minimum absolute atomic E-state index is 0.0147. The first-order valence-corrected chi connectivity index (χ1v) is 15.9. The Morgan fingerprint density at radius 3 is 2.37 bits per heavy atom. The average Bonchev–Trinajstić information content (AvgIpc) is 3.29. The Kier molecular flexibility index (Phi) is 20.4. The van der Waals surface area contributed by atoms with Crippen LogP contribution in [0.15, 0.2) is 42.5 Å². The number of unbranched alkanes of at least 4 members (excludes halogenated alkanes) is 1. The molecule has 0 aromatic heterocycles. The van der Waals surface area contributed by atoms with Crippen LogP contribution in [-0.4, -0.2) is 89.7 Å². The van der Waals surface area contributed by atoms with Gasteiger partial charge in [0, 0.05) is 27.1 Å². The minimum Gasteiger partial charge on any atom is -0.463 e. The number of methoxy groups -OCH3 is 2. The molecule has 0 unspecified atom stereocenters. The molecular weight excluding hydrogens is 552 g/mol. The van der Waals surface area contributed by atoms with E-state index in [1.807, 2.05) is 19.9 Å². The van der Waals surface area contributed by atoms with E-state index < -0.39 is 6.10 Å². The van der Waals surface area contributed by atoms with Gasteiger partial charge in [0.05, 0.1) is 50.8 Å². The number of rotatable bonds is 25. The van der Waals surface area contributed by atoms with Crippen molar-refractivity contribution in [2.24, 2.45) is 11.8 Å². The first-order chi connectivity index (χ1) is 20.9. The smallest absolute Gasteiger partial charge is 0.306 e. The Bertz CT molecular complexity index is 848. The molecule has 0 heterocycles. The lowest BCUT2D eigenvalue weighted by molar-refractivity contribution is -0.147. The van der Waals surface area contributed by atoms with Crippen LogP contribution in [0.1, 0.15) is 70.8 Å². The third-order valence-corrected chi connectivity index (χ3v) is 7.73. The lowest BCUT2D eigenvalue weighted by Crippen LogP contribution is -2.27. The number of esters is 1. The number of benzene rings is 1.